The molecule has 0 saturated heterocycles. The van der Waals surface area contributed by atoms with Crippen LogP contribution >= 0.6 is 0 Å². The van der Waals surface area contributed by atoms with Gasteiger partial charge in [0.2, 0.25) is 0 Å². The van der Waals surface area contributed by atoms with E-state index in [0.29, 0.717) is 22.6 Å². The number of aromatic nitrogens is 4. The van der Waals surface area contributed by atoms with Crippen LogP contribution in [-0.2, 0) is 4.79 Å². The second kappa shape index (κ2) is 7.19. The van der Waals surface area contributed by atoms with E-state index in [-0.39, 0.29) is 23.3 Å². The van der Waals surface area contributed by atoms with Gasteiger partial charge in [0.1, 0.15) is 11.3 Å². The third-order valence-corrected chi connectivity index (χ3v) is 4.26. The summed E-state index contributed by atoms with van der Waals surface area (Å²) >= 11 is 0. The summed E-state index contributed by atoms with van der Waals surface area (Å²) in [4.78, 5) is 43.7. The zero-order valence-electron chi connectivity index (χ0n) is 16.0. The molecule has 0 unspecified atom stereocenters. The van der Waals surface area contributed by atoms with Crippen molar-refractivity contribution in [3.8, 4) is 23.2 Å². The normalized spacial score (nSPS) is 11.1. The van der Waals surface area contributed by atoms with Crippen LogP contribution in [0.25, 0.3) is 22.6 Å². The molecule has 0 aliphatic rings. The van der Waals surface area contributed by atoms with Crippen LogP contribution < -0.4 is 11.2 Å². The summed E-state index contributed by atoms with van der Waals surface area (Å²) in [6, 6.07) is 6.32. The van der Waals surface area contributed by atoms with Gasteiger partial charge in [0, 0.05) is 29.1 Å². The lowest BCUT2D eigenvalue weighted by Crippen LogP contribution is -2.41. The van der Waals surface area contributed by atoms with E-state index in [1.807, 2.05) is 13.8 Å². The van der Waals surface area contributed by atoms with Gasteiger partial charge in [-0.1, -0.05) is 18.1 Å². The lowest BCUT2D eigenvalue weighted by atomic mass is 10.1. The molecule has 3 rings (SSSR count). The highest BCUT2D eigenvalue weighted by molar-refractivity contribution is 5.87. The first-order chi connectivity index (χ1) is 13.2. The molecular formula is C20H20N4O4. The Hall–Kier alpha value is -3.60. The molecule has 28 heavy (non-hydrogen) atoms. The number of carboxylic acids is 1. The maximum absolute atomic E-state index is 12.8. The topological polar surface area (TPSA) is 110 Å². The molecular weight excluding hydrogens is 360 g/mol. The van der Waals surface area contributed by atoms with Crippen LogP contribution in [0.3, 0.4) is 0 Å². The van der Waals surface area contributed by atoms with Crippen LogP contribution in [0.4, 0.5) is 0 Å². The van der Waals surface area contributed by atoms with E-state index < -0.39 is 11.5 Å². The van der Waals surface area contributed by atoms with Gasteiger partial charge in [0.15, 0.2) is 5.65 Å². The van der Waals surface area contributed by atoms with Gasteiger partial charge in [-0.15, -0.1) is 0 Å². The van der Waals surface area contributed by atoms with Crippen LogP contribution in [0, 0.1) is 11.8 Å². The SMILES string of the molecule is CC(C)n1c(=O)c2[nH]c(-c3ccc(C#CC(=O)O)cc3)nc2n(C(C)C)c1=O. The van der Waals surface area contributed by atoms with Crippen molar-refractivity contribution < 1.29 is 9.90 Å². The van der Waals surface area contributed by atoms with E-state index >= 15 is 0 Å². The summed E-state index contributed by atoms with van der Waals surface area (Å²) in [5.74, 6) is 3.83. The fraction of sp³-hybridized carbons (Fsp3) is 0.300. The number of H-pyrrole nitrogens is 1. The summed E-state index contributed by atoms with van der Waals surface area (Å²) in [5, 5.41) is 8.62. The predicted octanol–water partition coefficient (Wildman–Crippen LogP) is 2.15. The molecule has 8 heteroatoms. The number of carbonyl (C=O) groups is 1. The molecule has 2 aromatic heterocycles. The number of fused-ring (bicyclic) bond motifs is 1. The minimum Gasteiger partial charge on any atom is -0.472 e. The van der Waals surface area contributed by atoms with Crippen molar-refractivity contribution in [1.29, 1.82) is 0 Å². The van der Waals surface area contributed by atoms with Crippen LogP contribution in [0.15, 0.2) is 33.9 Å². The van der Waals surface area contributed by atoms with E-state index in [1.165, 1.54) is 9.13 Å². The molecule has 0 aliphatic heterocycles. The third-order valence-electron chi connectivity index (χ3n) is 4.26. The highest BCUT2D eigenvalue weighted by Crippen LogP contribution is 2.20. The molecule has 0 bridgehead atoms. The lowest BCUT2D eigenvalue weighted by molar-refractivity contribution is -0.130. The van der Waals surface area contributed by atoms with Crippen LogP contribution in [-0.4, -0.2) is 30.2 Å². The predicted molar refractivity (Wildman–Crippen MR) is 105 cm³/mol. The van der Waals surface area contributed by atoms with Crippen molar-refractivity contribution in [3.05, 3.63) is 50.7 Å². The van der Waals surface area contributed by atoms with E-state index in [2.05, 4.69) is 21.8 Å². The molecule has 0 aliphatic carbocycles. The lowest BCUT2D eigenvalue weighted by Gasteiger charge is -2.15. The summed E-state index contributed by atoms with van der Waals surface area (Å²) in [7, 11) is 0. The fourth-order valence-electron chi connectivity index (χ4n) is 3.00. The quantitative estimate of drug-likeness (QED) is 0.677. The average molecular weight is 380 g/mol. The Morgan fingerprint density at radius 2 is 1.68 bits per heavy atom. The third kappa shape index (κ3) is 3.34. The second-order valence-corrected chi connectivity index (χ2v) is 6.93. The number of nitrogens with zero attached hydrogens (tertiary/aromatic N) is 3. The van der Waals surface area contributed by atoms with Gasteiger partial charge in [-0.25, -0.2) is 14.6 Å². The van der Waals surface area contributed by atoms with E-state index in [0.717, 1.165) is 0 Å². The van der Waals surface area contributed by atoms with Crippen molar-refractivity contribution in [1.82, 2.24) is 19.1 Å². The molecule has 8 nitrogen and oxygen atoms in total. The van der Waals surface area contributed by atoms with Gasteiger partial charge in [0.25, 0.3) is 5.56 Å². The van der Waals surface area contributed by atoms with Crippen molar-refractivity contribution >= 4 is 17.1 Å². The van der Waals surface area contributed by atoms with Gasteiger partial charge in [-0.3, -0.25) is 13.9 Å². The number of hydrogen-bond acceptors (Lipinski definition) is 4. The molecule has 1 aromatic carbocycles. The van der Waals surface area contributed by atoms with Gasteiger partial charge in [0.05, 0.1) is 0 Å². The Labute approximate surface area is 160 Å². The van der Waals surface area contributed by atoms with Crippen molar-refractivity contribution in [3.63, 3.8) is 0 Å². The maximum atomic E-state index is 12.8. The fourth-order valence-corrected chi connectivity index (χ4v) is 3.00. The first kappa shape index (κ1) is 19.2. The Morgan fingerprint density at radius 1 is 1.07 bits per heavy atom. The summed E-state index contributed by atoms with van der Waals surface area (Å²) < 4.78 is 2.72. The van der Waals surface area contributed by atoms with Gasteiger partial charge in [-0.2, -0.15) is 0 Å². The Kier molecular flexibility index (Phi) is 4.92. The molecule has 0 saturated carbocycles. The standard InChI is InChI=1S/C20H20N4O4/c1-11(2)23-18-16(19(27)24(12(3)4)20(23)28)21-17(22-18)14-8-5-13(6-9-14)7-10-15(25)26/h5-6,8-9,11-12H,1-4H3,(H,21,22)(H,25,26). The molecule has 0 atom stereocenters. The van der Waals surface area contributed by atoms with Crippen LogP contribution in [0.1, 0.15) is 45.3 Å². The number of rotatable bonds is 3. The van der Waals surface area contributed by atoms with Crippen molar-refractivity contribution in [2.45, 2.75) is 39.8 Å². The molecule has 0 amide bonds. The highest BCUT2D eigenvalue weighted by atomic mass is 16.4. The number of aliphatic carboxylic acids is 1. The summed E-state index contributed by atoms with van der Waals surface area (Å²) in [5.41, 5.74) is 1.02. The average Bonchev–Trinajstić information content (AvgIpc) is 3.05. The smallest absolute Gasteiger partial charge is 0.382 e. The molecule has 2 N–H and O–H groups in total. The maximum Gasteiger partial charge on any atom is 0.382 e. The monoisotopic (exact) mass is 380 g/mol. The zero-order valence-corrected chi connectivity index (χ0v) is 16.0. The molecule has 3 aromatic rings. The van der Waals surface area contributed by atoms with Gasteiger partial charge < -0.3 is 10.1 Å². The number of hydrogen-bond donors (Lipinski definition) is 2. The molecule has 0 fully saturated rings. The van der Waals surface area contributed by atoms with Gasteiger partial charge in [-0.05, 0) is 39.8 Å². The first-order valence-electron chi connectivity index (χ1n) is 8.82. The number of imidazole rings is 1. The second-order valence-electron chi connectivity index (χ2n) is 6.93. The Morgan fingerprint density at radius 3 is 2.21 bits per heavy atom. The largest absolute Gasteiger partial charge is 0.472 e. The van der Waals surface area contributed by atoms with Crippen LogP contribution in [0.5, 0.6) is 0 Å². The zero-order chi connectivity index (χ0) is 20.6. The minimum absolute atomic E-state index is 0.176. The summed E-state index contributed by atoms with van der Waals surface area (Å²) in [6.45, 7) is 7.29. The Bertz CT molecular complexity index is 1230. The molecule has 144 valence electrons. The number of nitrogens with one attached hydrogen (secondary N) is 1. The molecule has 0 radical (unpaired) electrons. The highest BCUT2D eigenvalue weighted by Gasteiger charge is 2.20. The van der Waals surface area contributed by atoms with Crippen molar-refractivity contribution in [2.75, 3.05) is 0 Å². The Balaban J connectivity index is 2.20. The van der Waals surface area contributed by atoms with Crippen LogP contribution in [0.2, 0.25) is 0 Å². The summed E-state index contributed by atoms with van der Waals surface area (Å²) in [6.07, 6.45) is 0. The minimum atomic E-state index is -1.20. The molecule has 2 heterocycles. The van der Waals surface area contributed by atoms with E-state index in [9.17, 15) is 14.4 Å². The van der Waals surface area contributed by atoms with Crippen molar-refractivity contribution in [2.24, 2.45) is 0 Å². The first-order valence-corrected chi connectivity index (χ1v) is 8.82. The van der Waals surface area contributed by atoms with E-state index in [4.69, 9.17) is 5.11 Å². The number of benzene rings is 1. The van der Waals surface area contributed by atoms with E-state index in [1.54, 1.807) is 38.1 Å². The number of aromatic amines is 1. The van der Waals surface area contributed by atoms with Gasteiger partial charge >= 0.3 is 11.7 Å². The molecule has 0 spiro atoms. The number of carboxylic acid groups (broad SMARTS) is 1.